The number of carbonyl (C=O) groups excluding carboxylic acids is 3. The first-order chi connectivity index (χ1) is 10.8. The minimum Gasteiger partial charge on any atom is -0.456 e. The molecule has 0 aromatic carbocycles. The number of hydrogen-bond acceptors (Lipinski definition) is 9. The molecule has 0 aromatic rings. The van der Waals surface area contributed by atoms with Crippen LogP contribution < -0.4 is 0 Å². The number of esters is 3. The molecule has 1 N–H and O–H groups in total. The molecule has 0 unspecified atom stereocenters. The van der Waals surface area contributed by atoms with Crippen molar-refractivity contribution in [3.05, 3.63) is 10.4 Å². The predicted molar refractivity (Wildman–Crippen MR) is 71.6 cm³/mol. The summed E-state index contributed by atoms with van der Waals surface area (Å²) in [6.07, 6.45) is -6.38. The molecule has 1 aliphatic rings. The van der Waals surface area contributed by atoms with E-state index in [0.717, 1.165) is 20.8 Å². The second kappa shape index (κ2) is 8.32. The Bertz CT molecular complexity index is 518. The highest BCUT2D eigenvalue weighted by atomic mass is 16.7. The topological polar surface area (TPSA) is 157 Å². The number of aliphatic hydroxyl groups is 1. The third-order valence-corrected chi connectivity index (χ3v) is 2.86. The summed E-state index contributed by atoms with van der Waals surface area (Å²) in [5.74, 6) is -2.22. The molecule has 1 aliphatic heterocycles. The quantitative estimate of drug-likeness (QED) is 0.239. The van der Waals surface area contributed by atoms with Gasteiger partial charge in [-0.15, -0.1) is 0 Å². The Balaban J connectivity index is 3.24. The van der Waals surface area contributed by atoms with Crippen molar-refractivity contribution in [1.29, 1.82) is 0 Å². The molecule has 0 radical (unpaired) electrons. The number of hydrogen-bond donors (Lipinski definition) is 1. The van der Waals surface area contributed by atoms with Gasteiger partial charge >= 0.3 is 17.9 Å². The third-order valence-electron chi connectivity index (χ3n) is 2.86. The van der Waals surface area contributed by atoms with Crippen molar-refractivity contribution in [3.8, 4) is 0 Å². The number of ether oxygens (including phenoxy) is 4. The Morgan fingerprint density at radius 3 is 1.96 bits per heavy atom. The van der Waals surface area contributed by atoms with Crippen LogP contribution in [0.1, 0.15) is 20.8 Å². The van der Waals surface area contributed by atoms with Crippen LogP contribution in [0.2, 0.25) is 0 Å². The minimum atomic E-state index is -1.36. The van der Waals surface area contributed by atoms with Crippen LogP contribution in [0.15, 0.2) is 5.11 Å². The Morgan fingerprint density at radius 2 is 1.52 bits per heavy atom. The summed E-state index contributed by atoms with van der Waals surface area (Å²) in [7, 11) is 0. The monoisotopic (exact) mass is 331 g/mol. The maximum Gasteiger partial charge on any atom is 0.303 e. The minimum absolute atomic E-state index is 0.611. The van der Waals surface area contributed by atoms with Crippen LogP contribution in [0.5, 0.6) is 0 Å². The fraction of sp³-hybridized carbons (Fsp3) is 0.750. The van der Waals surface area contributed by atoms with E-state index in [0.29, 0.717) is 0 Å². The van der Waals surface area contributed by atoms with E-state index in [2.05, 4.69) is 10.0 Å². The van der Waals surface area contributed by atoms with Gasteiger partial charge in [-0.3, -0.25) is 14.4 Å². The second-order valence-corrected chi connectivity index (χ2v) is 4.67. The largest absolute Gasteiger partial charge is 0.456 e. The van der Waals surface area contributed by atoms with E-state index in [1.807, 2.05) is 0 Å². The molecule has 0 aromatic heterocycles. The molecule has 0 spiro atoms. The molecule has 0 saturated carbocycles. The molecule has 0 amide bonds. The zero-order chi connectivity index (χ0) is 17.6. The number of rotatable bonds is 5. The molecule has 1 saturated heterocycles. The highest BCUT2D eigenvalue weighted by Gasteiger charge is 2.51. The van der Waals surface area contributed by atoms with Crippen molar-refractivity contribution in [2.24, 2.45) is 5.11 Å². The van der Waals surface area contributed by atoms with Crippen LogP contribution in [0.4, 0.5) is 0 Å². The lowest BCUT2D eigenvalue weighted by atomic mass is 9.97. The Labute approximate surface area is 131 Å². The van der Waals surface area contributed by atoms with Crippen LogP contribution in [0.25, 0.3) is 10.4 Å². The van der Waals surface area contributed by atoms with E-state index in [1.54, 1.807) is 0 Å². The van der Waals surface area contributed by atoms with Crippen molar-refractivity contribution in [3.63, 3.8) is 0 Å². The molecule has 5 atom stereocenters. The van der Waals surface area contributed by atoms with Crippen molar-refractivity contribution in [2.75, 3.05) is 6.61 Å². The van der Waals surface area contributed by atoms with Crippen molar-refractivity contribution < 1.29 is 38.4 Å². The van der Waals surface area contributed by atoms with Crippen LogP contribution in [-0.4, -0.2) is 60.3 Å². The fourth-order valence-corrected chi connectivity index (χ4v) is 2.16. The lowest BCUT2D eigenvalue weighted by Crippen LogP contribution is -2.61. The Morgan fingerprint density at radius 1 is 1.04 bits per heavy atom. The Kier molecular flexibility index (Phi) is 6.76. The van der Waals surface area contributed by atoms with Crippen molar-refractivity contribution in [2.45, 2.75) is 51.4 Å². The zero-order valence-electron chi connectivity index (χ0n) is 12.7. The fourth-order valence-electron chi connectivity index (χ4n) is 2.16. The van der Waals surface area contributed by atoms with Gasteiger partial charge in [0.05, 0.1) is 6.61 Å². The number of carbonyl (C=O) groups is 3. The first-order valence-corrected chi connectivity index (χ1v) is 6.62. The lowest BCUT2D eigenvalue weighted by molar-refractivity contribution is -0.250. The van der Waals surface area contributed by atoms with Gasteiger partial charge in [0.25, 0.3) is 0 Å². The normalized spacial score (nSPS) is 29.8. The van der Waals surface area contributed by atoms with Crippen molar-refractivity contribution >= 4 is 17.9 Å². The maximum absolute atomic E-state index is 11.3. The van der Waals surface area contributed by atoms with E-state index in [-0.39, 0.29) is 0 Å². The van der Waals surface area contributed by atoms with Gasteiger partial charge in [0, 0.05) is 25.7 Å². The highest BCUT2D eigenvalue weighted by Crippen LogP contribution is 2.29. The van der Waals surface area contributed by atoms with Crippen molar-refractivity contribution in [1.82, 2.24) is 0 Å². The third kappa shape index (κ3) is 5.09. The molecule has 23 heavy (non-hydrogen) atoms. The van der Waals surface area contributed by atoms with Gasteiger partial charge in [0.15, 0.2) is 24.5 Å². The molecule has 128 valence electrons. The summed E-state index contributed by atoms with van der Waals surface area (Å²) in [6.45, 7) is 2.69. The molecule has 11 nitrogen and oxygen atoms in total. The zero-order valence-corrected chi connectivity index (χ0v) is 12.7. The molecule has 1 fully saturated rings. The molecule has 1 heterocycles. The van der Waals surface area contributed by atoms with Gasteiger partial charge in [-0.2, -0.15) is 0 Å². The summed E-state index contributed by atoms with van der Waals surface area (Å²) in [5.41, 5.74) is 8.59. The van der Waals surface area contributed by atoms with E-state index in [4.69, 9.17) is 24.5 Å². The molecular weight excluding hydrogens is 314 g/mol. The summed E-state index contributed by atoms with van der Waals surface area (Å²) in [4.78, 5) is 36.4. The van der Waals surface area contributed by atoms with Gasteiger partial charge in [0.2, 0.25) is 0 Å². The Hall–Kier alpha value is -2.36. The number of nitrogens with zero attached hydrogens (tertiary/aromatic N) is 3. The molecule has 1 rings (SSSR count). The van der Waals surface area contributed by atoms with Gasteiger partial charge in [0.1, 0.15) is 6.10 Å². The van der Waals surface area contributed by atoms with Gasteiger partial charge in [-0.1, -0.05) is 5.11 Å². The lowest BCUT2D eigenvalue weighted by Gasteiger charge is -2.42. The van der Waals surface area contributed by atoms with Gasteiger partial charge in [-0.05, 0) is 5.53 Å². The van der Waals surface area contributed by atoms with E-state index in [1.165, 1.54) is 0 Å². The van der Waals surface area contributed by atoms with E-state index >= 15 is 0 Å². The van der Waals surface area contributed by atoms with Crippen LogP contribution in [0, 0.1) is 0 Å². The van der Waals surface area contributed by atoms with Crippen LogP contribution in [-0.2, 0) is 33.3 Å². The smallest absolute Gasteiger partial charge is 0.303 e. The van der Waals surface area contributed by atoms with Crippen LogP contribution >= 0.6 is 0 Å². The molecule has 11 heteroatoms. The second-order valence-electron chi connectivity index (χ2n) is 4.67. The highest BCUT2D eigenvalue weighted by molar-refractivity contribution is 5.68. The summed E-state index contributed by atoms with van der Waals surface area (Å²) >= 11 is 0. The number of azide groups is 1. The molecule has 0 bridgehead atoms. The van der Waals surface area contributed by atoms with Crippen LogP contribution in [0.3, 0.4) is 0 Å². The van der Waals surface area contributed by atoms with E-state index in [9.17, 15) is 19.5 Å². The summed E-state index contributed by atoms with van der Waals surface area (Å²) in [6, 6.07) is 0. The average molecular weight is 331 g/mol. The van der Waals surface area contributed by atoms with Gasteiger partial charge < -0.3 is 24.1 Å². The number of aliphatic hydroxyl groups excluding tert-OH is 1. The predicted octanol–water partition coefficient (Wildman–Crippen LogP) is -0.191. The standard InChI is InChI=1S/C12H17N3O8/c1-5(17)20-9-8(4-16)23-12(14-15-13)11(22-7(3)19)10(9)21-6(2)18/h8-12,16H,4H2,1-3H3/t8-,9-,10+,11-,12-/m1/s1. The van der Waals surface area contributed by atoms with Gasteiger partial charge in [-0.25, -0.2) is 0 Å². The summed E-state index contributed by atoms with van der Waals surface area (Å²) < 4.78 is 20.4. The maximum atomic E-state index is 11.3. The molecule has 0 aliphatic carbocycles. The SMILES string of the molecule is CC(=O)O[C@@H]1[C@@H](OC(C)=O)[C@H](N=[N+]=[N-])O[C@H](CO)[C@H]1OC(C)=O. The molecular formula is C12H17N3O8. The first kappa shape index (κ1) is 18.7. The first-order valence-electron chi connectivity index (χ1n) is 6.62. The average Bonchev–Trinajstić information content (AvgIpc) is 2.43. The van der Waals surface area contributed by atoms with E-state index < -0.39 is 55.2 Å². The summed E-state index contributed by atoms with van der Waals surface area (Å²) in [5, 5.41) is 12.7.